The van der Waals surface area contributed by atoms with Gasteiger partial charge in [0.25, 0.3) is 0 Å². The average Bonchev–Trinajstić information content (AvgIpc) is 2.37. The van der Waals surface area contributed by atoms with E-state index in [-0.39, 0.29) is 5.54 Å². The topological polar surface area (TPSA) is 73.6 Å². The fourth-order valence-corrected chi connectivity index (χ4v) is 2.35. The molecular formula is C16H24N2O3. The Morgan fingerprint density at radius 2 is 2.00 bits per heavy atom. The van der Waals surface area contributed by atoms with Crippen molar-refractivity contribution in [3.05, 3.63) is 29.8 Å². The number of benzene rings is 1. The van der Waals surface area contributed by atoms with Crippen LogP contribution in [0, 0.1) is 0 Å². The molecule has 0 unspecified atom stereocenters. The van der Waals surface area contributed by atoms with E-state index < -0.39 is 11.7 Å². The second kappa shape index (κ2) is 6.03. The number of carbonyl (C=O) groups excluding carboxylic acids is 1. The molecule has 1 saturated heterocycles. The van der Waals surface area contributed by atoms with Gasteiger partial charge in [0, 0.05) is 24.4 Å². The minimum Gasteiger partial charge on any atom is -0.444 e. The number of hydrogen-bond acceptors (Lipinski definition) is 4. The Labute approximate surface area is 125 Å². The molecule has 1 aliphatic heterocycles. The molecule has 1 heterocycles. The Morgan fingerprint density at radius 3 is 2.62 bits per heavy atom. The van der Waals surface area contributed by atoms with Gasteiger partial charge in [0.15, 0.2) is 0 Å². The number of nitrogens with two attached hydrogens (primary N) is 1. The van der Waals surface area contributed by atoms with Crippen molar-refractivity contribution in [2.24, 2.45) is 5.73 Å². The summed E-state index contributed by atoms with van der Waals surface area (Å²) >= 11 is 0. The third-order valence-corrected chi connectivity index (χ3v) is 3.47. The van der Waals surface area contributed by atoms with Crippen molar-refractivity contribution in [2.45, 2.75) is 44.8 Å². The summed E-state index contributed by atoms with van der Waals surface area (Å²) in [5, 5.41) is 2.75. The van der Waals surface area contributed by atoms with E-state index in [0.717, 1.165) is 18.4 Å². The third-order valence-electron chi connectivity index (χ3n) is 3.47. The number of carbonyl (C=O) groups is 1. The van der Waals surface area contributed by atoms with Crippen molar-refractivity contribution >= 4 is 11.8 Å². The Hall–Kier alpha value is -1.59. The Kier molecular flexibility index (Phi) is 4.54. The van der Waals surface area contributed by atoms with Crippen LogP contribution in [0.25, 0.3) is 0 Å². The molecule has 1 aliphatic rings. The van der Waals surface area contributed by atoms with Crippen molar-refractivity contribution < 1.29 is 14.3 Å². The molecule has 21 heavy (non-hydrogen) atoms. The maximum absolute atomic E-state index is 11.8. The van der Waals surface area contributed by atoms with Gasteiger partial charge in [0.05, 0.1) is 0 Å². The summed E-state index contributed by atoms with van der Waals surface area (Å²) in [5.74, 6) is 0. The largest absolute Gasteiger partial charge is 0.444 e. The van der Waals surface area contributed by atoms with Crippen molar-refractivity contribution in [1.82, 2.24) is 0 Å². The number of hydrogen-bond donors (Lipinski definition) is 2. The highest BCUT2D eigenvalue weighted by Gasteiger charge is 2.30. The summed E-state index contributed by atoms with van der Waals surface area (Å²) in [6.07, 6.45) is 1.10. The van der Waals surface area contributed by atoms with Gasteiger partial charge in [-0.3, -0.25) is 5.32 Å². The van der Waals surface area contributed by atoms with Gasteiger partial charge in [-0.15, -0.1) is 0 Å². The van der Waals surface area contributed by atoms with E-state index in [0.29, 0.717) is 18.9 Å². The quantitative estimate of drug-likeness (QED) is 0.878. The molecule has 1 aromatic rings. The Bertz CT molecular complexity index is 502. The smallest absolute Gasteiger partial charge is 0.412 e. The predicted molar refractivity (Wildman–Crippen MR) is 82.2 cm³/mol. The van der Waals surface area contributed by atoms with Crippen LogP contribution < -0.4 is 11.1 Å². The first kappa shape index (κ1) is 15.8. The van der Waals surface area contributed by atoms with Gasteiger partial charge in [-0.1, -0.05) is 12.1 Å². The summed E-state index contributed by atoms with van der Waals surface area (Å²) in [6.45, 7) is 6.83. The van der Waals surface area contributed by atoms with Crippen LogP contribution in [0.5, 0.6) is 0 Å². The maximum atomic E-state index is 11.8. The van der Waals surface area contributed by atoms with Gasteiger partial charge in [0.1, 0.15) is 5.60 Å². The Balaban J connectivity index is 2.09. The van der Waals surface area contributed by atoms with Gasteiger partial charge >= 0.3 is 6.09 Å². The molecule has 116 valence electrons. The van der Waals surface area contributed by atoms with E-state index >= 15 is 0 Å². The van der Waals surface area contributed by atoms with Crippen molar-refractivity contribution in [1.29, 1.82) is 0 Å². The molecule has 2 rings (SSSR count). The number of ether oxygens (including phenoxy) is 2. The summed E-state index contributed by atoms with van der Waals surface area (Å²) in [6, 6.07) is 7.63. The van der Waals surface area contributed by atoms with Crippen LogP contribution in [0.4, 0.5) is 10.5 Å². The van der Waals surface area contributed by atoms with Crippen LogP contribution in [0.2, 0.25) is 0 Å². The summed E-state index contributed by atoms with van der Waals surface area (Å²) < 4.78 is 10.6. The fourth-order valence-electron chi connectivity index (χ4n) is 2.35. The van der Waals surface area contributed by atoms with Gasteiger partial charge in [0.2, 0.25) is 0 Å². The van der Waals surface area contributed by atoms with E-state index in [2.05, 4.69) is 5.32 Å². The van der Waals surface area contributed by atoms with E-state index in [1.54, 1.807) is 0 Å². The normalized spacial score (nSPS) is 18.1. The van der Waals surface area contributed by atoms with E-state index in [1.165, 1.54) is 0 Å². The first-order chi connectivity index (χ1) is 9.78. The van der Waals surface area contributed by atoms with Crippen LogP contribution in [0.3, 0.4) is 0 Å². The summed E-state index contributed by atoms with van der Waals surface area (Å²) in [7, 11) is 0. The molecule has 0 aromatic heterocycles. The lowest BCUT2D eigenvalue weighted by Gasteiger charge is -2.34. The molecule has 0 saturated carbocycles. The molecule has 1 fully saturated rings. The van der Waals surface area contributed by atoms with Crippen molar-refractivity contribution in [3.8, 4) is 0 Å². The van der Waals surface area contributed by atoms with Crippen LogP contribution in [0.15, 0.2) is 24.3 Å². The SMILES string of the molecule is CC(C)(C)OC(=O)Nc1cccc(C2(N)CCOCC2)c1. The zero-order chi connectivity index (χ0) is 15.5. The van der Waals surface area contributed by atoms with Crippen LogP contribution in [0.1, 0.15) is 39.2 Å². The lowest BCUT2D eigenvalue weighted by atomic mass is 9.84. The molecule has 1 aromatic carbocycles. The molecule has 3 N–H and O–H groups in total. The summed E-state index contributed by atoms with van der Waals surface area (Å²) in [5.41, 5.74) is 7.26. The standard InChI is InChI=1S/C16H24N2O3/c1-15(2,3)21-14(19)18-13-6-4-5-12(11-13)16(17)7-9-20-10-8-16/h4-6,11H,7-10,17H2,1-3H3,(H,18,19). The molecule has 0 aliphatic carbocycles. The summed E-state index contributed by atoms with van der Waals surface area (Å²) in [4.78, 5) is 11.8. The van der Waals surface area contributed by atoms with Gasteiger partial charge in [-0.05, 0) is 51.3 Å². The maximum Gasteiger partial charge on any atom is 0.412 e. The zero-order valence-corrected chi connectivity index (χ0v) is 12.9. The second-order valence-corrected chi connectivity index (χ2v) is 6.48. The highest BCUT2D eigenvalue weighted by molar-refractivity contribution is 5.85. The molecule has 0 radical (unpaired) electrons. The number of nitrogens with one attached hydrogen (secondary N) is 1. The second-order valence-electron chi connectivity index (χ2n) is 6.48. The first-order valence-electron chi connectivity index (χ1n) is 7.26. The monoisotopic (exact) mass is 292 g/mol. The predicted octanol–water partition coefficient (Wildman–Crippen LogP) is 3.00. The van der Waals surface area contributed by atoms with Crippen LogP contribution >= 0.6 is 0 Å². The number of rotatable bonds is 2. The minimum absolute atomic E-state index is 0.385. The van der Waals surface area contributed by atoms with E-state index in [9.17, 15) is 4.79 Å². The lowest BCUT2D eigenvalue weighted by Crippen LogP contribution is -2.42. The minimum atomic E-state index is -0.516. The molecule has 0 atom stereocenters. The van der Waals surface area contributed by atoms with E-state index in [1.807, 2.05) is 45.0 Å². The Morgan fingerprint density at radius 1 is 1.33 bits per heavy atom. The van der Waals surface area contributed by atoms with Gasteiger partial charge < -0.3 is 15.2 Å². The number of amides is 1. The molecule has 5 nitrogen and oxygen atoms in total. The van der Waals surface area contributed by atoms with Crippen LogP contribution in [-0.2, 0) is 15.0 Å². The van der Waals surface area contributed by atoms with E-state index in [4.69, 9.17) is 15.2 Å². The number of anilines is 1. The third kappa shape index (κ3) is 4.44. The van der Waals surface area contributed by atoms with Crippen molar-refractivity contribution in [2.75, 3.05) is 18.5 Å². The van der Waals surface area contributed by atoms with Crippen molar-refractivity contribution in [3.63, 3.8) is 0 Å². The zero-order valence-electron chi connectivity index (χ0n) is 12.9. The molecule has 1 amide bonds. The first-order valence-corrected chi connectivity index (χ1v) is 7.26. The molecule has 5 heteroatoms. The molecular weight excluding hydrogens is 268 g/mol. The molecule has 0 bridgehead atoms. The van der Waals surface area contributed by atoms with Gasteiger partial charge in [-0.25, -0.2) is 4.79 Å². The fraction of sp³-hybridized carbons (Fsp3) is 0.562. The lowest BCUT2D eigenvalue weighted by molar-refractivity contribution is 0.0522. The van der Waals surface area contributed by atoms with Gasteiger partial charge in [-0.2, -0.15) is 0 Å². The average molecular weight is 292 g/mol. The molecule has 0 spiro atoms. The highest BCUT2D eigenvalue weighted by atomic mass is 16.6. The highest BCUT2D eigenvalue weighted by Crippen LogP contribution is 2.30. The van der Waals surface area contributed by atoms with Crippen LogP contribution in [-0.4, -0.2) is 24.9 Å².